The van der Waals surface area contributed by atoms with Gasteiger partial charge < -0.3 is 0 Å². The van der Waals surface area contributed by atoms with E-state index < -0.39 is 0 Å². The van der Waals surface area contributed by atoms with E-state index in [4.69, 9.17) is 0 Å². The predicted molar refractivity (Wildman–Crippen MR) is 179 cm³/mol. The molecule has 32 atom stereocenters. The zero-order valence-corrected chi connectivity index (χ0v) is 30.8. The van der Waals surface area contributed by atoms with Crippen LogP contribution in [0.3, 0.4) is 0 Å². The van der Waals surface area contributed by atoms with Crippen molar-refractivity contribution in [3.05, 3.63) is 0 Å². The van der Waals surface area contributed by atoms with Crippen molar-refractivity contribution in [3.63, 3.8) is 0 Å². The third kappa shape index (κ3) is 1.05. The summed E-state index contributed by atoms with van der Waals surface area (Å²) in [6.45, 7) is 0. The van der Waals surface area contributed by atoms with Gasteiger partial charge in [0.25, 0.3) is 0 Å². The maximum Gasteiger partial charge on any atom is 0.0358 e. The van der Waals surface area contributed by atoms with Gasteiger partial charge in [0.05, 0.1) is 0 Å². The van der Waals surface area contributed by atoms with Crippen LogP contribution in [-0.4, -0.2) is 13.7 Å². The maximum atomic E-state index is 3.08. The predicted octanol–water partition coefficient (Wildman–Crippen LogP) is 7.23. The normalized spacial score (nSPS) is 106. The fourth-order valence-electron chi connectivity index (χ4n) is 26.0. The van der Waals surface area contributed by atoms with Gasteiger partial charge in [0.2, 0.25) is 0 Å². The Hall–Kier alpha value is 2.92. The first-order chi connectivity index (χ1) is 19.4. The Kier molecular flexibility index (Phi) is 2.21. The Morgan fingerprint density at radius 1 is 0.250 bits per heavy atom. The van der Waals surface area contributed by atoms with Gasteiger partial charge in [0, 0.05) is 13.7 Å². The van der Waals surface area contributed by atoms with Crippen LogP contribution < -0.4 is 0 Å². The van der Waals surface area contributed by atoms with Crippen molar-refractivity contribution in [1.29, 1.82) is 0 Å². The maximum absolute atomic E-state index is 3.08. The van der Waals surface area contributed by atoms with Crippen LogP contribution >= 0.6 is 90.4 Å². The number of halogens is 4. The third-order valence-corrected chi connectivity index (χ3v) is 33.1. The lowest BCUT2D eigenvalue weighted by molar-refractivity contribution is 0.207. The van der Waals surface area contributed by atoms with Crippen molar-refractivity contribution in [2.45, 2.75) is 39.4 Å². The first kappa shape index (κ1) is 20.3. The van der Waals surface area contributed by atoms with Crippen LogP contribution in [0.4, 0.5) is 0 Å². The van der Waals surface area contributed by atoms with E-state index in [-0.39, 0.29) is 0 Å². The molecule has 0 nitrogen and oxygen atoms in total. The highest BCUT2D eigenvalue weighted by Gasteiger charge is 3.18. The van der Waals surface area contributed by atoms with Crippen LogP contribution in [0.15, 0.2) is 0 Å². The van der Waals surface area contributed by atoms with Gasteiger partial charge in [0.15, 0.2) is 0 Å². The SMILES string of the molecule is IC12[C@@H]3[C@H]4C[C@@H]([C@@H]31)[C@@H]1[C@H]4C12C12[C@@H]3[C@H]4C[C@H]([C@@H]5[C@H]4C51I)[C@@H]32.IC12[C@@H]3[C@H]4C[C@@H]([C@@H]31)[C@@H]1[C@H]4C12C12[C@@H]3[C@H]4C[C@H]([C@@H]5[C@H]4C51I)[C@@H]32. The van der Waals surface area contributed by atoms with Crippen molar-refractivity contribution in [3.8, 4) is 0 Å². The van der Waals surface area contributed by atoms with Crippen molar-refractivity contribution in [1.82, 2.24) is 0 Å². The molecule has 24 aliphatic carbocycles. The van der Waals surface area contributed by atoms with Crippen molar-refractivity contribution in [2.75, 3.05) is 0 Å². The number of alkyl halides is 4. The molecule has 0 aromatic heterocycles. The molecule has 0 aliphatic heterocycles. The molecule has 0 saturated heterocycles. The fraction of sp³-hybridized carbons (Fsp3) is 1.00. The topological polar surface area (TPSA) is 0 Å². The van der Waals surface area contributed by atoms with Crippen LogP contribution in [0.2, 0.25) is 0 Å². The van der Waals surface area contributed by atoms with E-state index in [1.165, 1.54) is 142 Å². The summed E-state index contributed by atoms with van der Waals surface area (Å²) in [6, 6.07) is 0. The molecule has 24 aliphatic rings. The van der Waals surface area contributed by atoms with E-state index in [1.54, 1.807) is 25.7 Å². The van der Waals surface area contributed by atoms with Gasteiger partial charge >= 0.3 is 0 Å². The lowest BCUT2D eigenvalue weighted by Gasteiger charge is -2.36. The second-order valence-corrected chi connectivity index (χ2v) is 28.4. The largest absolute Gasteiger partial charge is 0.0776 e. The molecule has 0 aromatic carbocycles. The lowest BCUT2D eigenvalue weighted by Crippen LogP contribution is -2.38. The van der Waals surface area contributed by atoms with Gasteiger partial charge in [-0.1, -0.05) is 90.4 Å². The van der Waals surface area contributed by atoms with Crippen LogP contribution in [0.1, 0.15) is 25.7 Å². The average Bonchev–Trinajstić information content (AvgIpc) is 3.87. The molecule has 8 bridgehead atoms. The van der Waals surface area contributed by atoms with Gasteiger partial charge in [-0.2, -0.15) is 0 Å². The van der Waals surface area contributed by atoms with Crippen LogP contribution in [0.25, 0.3) is 0 Å². The molecule has 40 heavy (non-hydrogen) atoms. The summed E-state index contributed by atoms with van der Waals surface area (Å²) < 4.78 is 3.49. The number of hydrogen-bond donors (Lipinski definition) is 0. The van der Waals surface area contributed by atoms with E-state index in [9.17, 15) is 0 Å². The summed E-state index contributed by atoms with van der Waals surface area (Å²) in [7, 11) is 0. The van der Waals surface area contributed by atoms with Crippen LogP contribution in [0.5, 0.6) is 0 Å². The fourth-order valence-corrected chi connectivity index (χ4v) is 36.7. The molecule has 24 fully saturated rings. The average molecular weight is 972 g/mol. The molecule has 0 heterocycles. The Labute approximate surface area is 289 Å². The van der Waals surface area contributed by atoms with Crippen molar-refractivity contribution >= 4 is 90.4 Å². The van der Waals surface area contributed by atoms with Crippen LogP contribution in [0, 0.1) is 164 Å². The molecule has 204 valence electrons. The molecular formula is C36H32I4. The smallest absolute Gasteiger partial charge is 0.0358 e. The van der Waals surface area contributed by atoms with E-state index in [0.29, 0.717) is 0 Å². The lowest BCUT2D eigenvalue weighted by atomic mass is 9.75. The van der Waals surface area contributed by atoms with Crippen LogP contribution in [-0.2, 0) is 0 Å². The second-order valence-electron chi connectivity index (χ2n) is 21.2. The summed E-state index contributed by atoms with van der Waals surface area (Å²) in [5.41, 5.74) is 3.82. The molecule has 24 rings (SSSR count). The van der Waals surface area contributed by atoms with E-state index in [2.05, 4.69) is 90.4 Å². The molecular weight excluding hydrogens is 940 g/mol. The molecule has 0 radical (unpaired) electrons. The first-order valence-electron chi connectivity index (χ1n) is 18.1. The molecule has 8 unspecified atom stereocenters. The molecule has 0 amide bonds. The summed E-state index contributed by atoms with van der Waals surface area (Å²) in [4.78, 5) is 0. The van der Waals surface area contributed by atoms with Gasteiger partial charge in [0.1, 0.15) is 0 Å². The molecule has 0 N–H and O–H groups in total. The minimum atomic E-state index is 0.873. The zero-order valence-electron chi connectivity index (χ0n) is 22.2. The van der Waals surface area contributed by atoms with E-state index >= 15 is 0 Å². The second kappa shape index (κ2) is 4.36. The number of rotatable bonds is 2. The van der Waals surface area contributed by atoms with Gasteiger partial charge in [-0.15, -0.1) is 0 Å². The van der Waals surface area contributed by atoms with Gasteiger partial charge in [-0.3, -0.25) is 0 Å². The standard InChI is InChI=1S/2C18H16I2/c2*19-17-11-3-1-4(12(11)17)8-7(3)15(8,17)16-9-5-2-6(10(9)16)14-13(5)18(14,16)20/h2*3-14H,1-2H2/t2*3-,4+,5-,6+,7-,8+,9-,10+,11+,12-,13+,14-,15?,16?,17?,18?. The quantitative estimate of drug-likeness (QED) is 0.203. The van der Waals surface area contributed by atoms with Gasteiger partial charge in [-0.25, -0.2) is 0 Å². The van der Waals surface area contributed by atoms with E-state index in [0.717, 1.165) is 35.3 Å². The molecule has 0 aromatic rings. The Bertz CT molecular complexity index is 1380. The van der Waals surface area contributed by atoms with E-state index in [1.807, 2.05) is 0 Å². The Balaban J connectivity index is 0.0000000841. The summed E-state index contributed by atoms with van der Waals surface area (Å²) in [5, 5.41) is 0. The summed E-state index contributed by atoms with van der Waals surface area (Å²) in [6.07, 6.45) is 6.76. The molecule has 0 spiro atoms. The monoisotopic (exact) mass is 972 g/mol. The Morgan fingerprint density at radius 2 is 0.400 bits per heavy atom. The number of hydrogen-bond acceptors (Lipinski definition) is 0. The minimum Gasteiger partial charge on any atom is -0.0776 e. The highest BCUT2D eigenvalue weighted by molar-refractivity contribution is 14.1. The molecule has 24 saturated carbocycles. The zero-order chi connectivity index (χ0) is 24.7. The highest BCUT2D eigenvalue weighted by atomic mass is 127. The van der Waals surface area contributed by atoms with Crippen molar-refractivity contribution in [2.24, 2.45) is 164 Å². The van der Waals surface area contributed by atoms with Gasteiger partial charge in [-0.05, 0) is 189 Å². The summed E-state index contributed by atoms with van der Waals surface area (Å²) >= 11 is 12.3. The summed E-state index contributed by atoms with van der Waals surface area (Å²) in [5.74, 6) is 30.1. The minimum absolute atomic E-state index is 0.873. The van der Waals surface area contributed by atoms with Crippen molar-refractivity contribution < 1.29 is 0 Å². The first-order valence-corrected chi connectivity index (χ1v) is 22.5. The third-order valence-electron chi connectivity index (χ3n) is 23.8. The molecule has 4 heteroatoms. The Morgan fingerprint density at radius 3 is 0.500 bits per heavy atom. The highest BCUT2D eigenvalue weighted by Crippen LogP contribution is 3.19.